The highest BCUT2D eigenvalue weighted by molar-refractivity contribution is 6.31. The van der Waals surface area contributed by atoms with Crippen LogP contribution < -0.4 is 4.90 Å². The second-order valence-electron chi connectivity index (χ2n) is 5.88. The second kappa shape index (κ2) is 6.95. The Balaban J connectivity index is 2.17. The molecule has 0 aliphatic carbocycles. The van der Waals surface area contributed by atoms with Crippen LogP contribution >= 0.6 is 11.6 Å². The van der Waals surface area contributed by atoms with Gasteiger partial charge >= 0.3 is 0 Å². The Kier molecular flexibility index (Phi) is 5.39. The molecule has 1 fully saturated rings. The van der Waals surface area contributed by atoms with Crippen LogP contribution in [0.5, 0.6) is 0 Å². The molecule has 1 heterocycles. The number of carbonyl (C=O) groups is 1. The summed E-state index contributed by atoms with van der Waals surface area (Å²) in [5, 5.41) is -1.20. The molecular formula is C15H17ClF4N2O. The Morgan fingerprint density at radius 1 is 1.00 bits per heavy atom. The molecule has 0 radical (unpaired) electrons. The van der Waals surface area contributed by atoms with Crippen LogP contribution in [0.15, 0.2) is 0 Å². The Hall–Kier alpha value is -1.50. The number of amides is 1. The van der Waals surface area contributed by atoms with Crippen LogP contribution in [0.2, 0.25) is 5.02 Å². The van der Waals surface area contributed by atoms with Gasteiger partial charge < -0.3 is 9.80 Å². The number of hydrogen-bond acceptors (Lipinski definition) is 2. The van der Waals surface area contributed by atoms with Gasteiger partial charge in [0.1, 0.15) is 10.7 Å². The van der Waals surface area contributed by atoms with Crippen molar-refractivity contribution in [2.75, 3.05) is 31.1 Å². The summed E-state index contributed by atoms with van der Waals surface area (Å²) in [7, 11) is 0. The van der Waals surface area contributed by atoms with E-state index in [1.54, 1.807) is 4.90 Å². The first-order valence-electron chi connectivity index (χ1n) is 7.28. The van der Waals surface area contributed by atoms with E-state index in [2.05, 4.69) is 0 Å². The van der Waals surface area contributed by atoms with Crippen LogP contribution in [0.4, 0.5) is 23.2 Å². The summed E-state index contributed by atoms with van der Waals surface area (Å²) in [6, 6.07) is 0. The Morgan fingerprint density at radius 3 is 1.91 bits per heavy atom. The maximum Gasteiger partial charge on any atom is 0.222 e. The molecule has 1 aliphatic heterocycles. The van der Waals surface area contributed by atoms with Crippen molar-refractivity contribution in [3.05, 3.63) is 28.3 Å². The van der Waals surface area contributed by atoms with E-state index >= 15 is 0 Å². The number of hydrogen-bond donors (Lipinski definition) is 0. The molecule has 3 nitrogen and oxygen atoms in total. The molecule has 1 amide bonds. The Labute approximate surface area is 136 Å². The van der Waals surface area contributed by atoms with Gasteiger partial charge in [0.05, 0.1) is 0 Å². The summed E-state index contributed by atoms with van der Waals surface area (Å²) in [6.45, 7) is 4.46. The van der Waals surface area contributed by atoms with E-state index in [9.17, 15) is 22.4 Å². The number of rotatable bonds is 3. The molecule has 1 aliphatic rings. The molecule has 0 bridgehead atoms. The minimum absolute atomic E-state index is 0.0472. The largest absolute Gasteiger partial charge is 0.363 e. The van der Waals surface area contributed by atoms with Crippen LogP contribution in [0.3, 0.4) is 0 Å². The topological polar surface area (TPSA) is 23.6 Å². The molecule has 1 aromatic carbocycles. The Bertz CT molecular complexity index is 587. The van der Waals surface area contributed by atoms with Gasteiger partial charge in [-0.25, -0.2) is 17.6 Å². The van der Waals surface area contributed by atoms with Crippen molar-refractivity contribution < 1.29 is 22.4 Å². The number of nitrogens with zero attached hydrogens (tertiary/aromatic N) is 2. The summed E-state index contributed by atoms with van der Waals surface area (Å²) in [5.74, 6) is -6.10. The maximum absolute atomic E-state index is 13.9. The summed E-state index contributed by atoms with van der Waals surface area (Å²) in [6.07, 6.45) is 0.382. The normalized spacial score (nSPS) is 15.5. The maximum atomic E-state index is 13.9. The number of halogens is 5. The zero-order valence-electron chi connectivity index (χ0n) is 12.8. The number of anilines is 1. The third kappa shape index (κ3) is 3.54. The molecule has 0 N–H and O–H groups in total. The van der Waals surface area contributed by atoms with Gasteiger partial charge in [-0.2, -0.15) is 0 Å². The van der Waals surface area contributed by atoms with Gasteiger partial charge in [0, 0.05) is 32.6 Å². The summed E-state index contributed by atoms with van der Waals surface area (Å²) >= 11 is 5.21. The lowest BCUT2D eigenvalue weighted by Gasteiger charge is -2.36. The number of piperazine rings is 1. The molecule has 0 saturated carbocycles. The fraction of sp³-hybridized carbons (Fsp3) is 0.533. The average molecular weight is 353 g/mol. The molecule has 0 spiro atoms. The zero-order chi connectivity index (χ0) is 17.3. The number of carbonyl (C=O) groups excluding carboxylic acids is 1. The summed E-state index contributed by atoms with van der Waals surface area (Å²) in [5.41, 5.74) is -0.777. The van der Waals surface area contributed by atoms with Crippen LogP contribution in [-0.2, 0) is 4.79 Å². The average Bonchev–Trinajstić information content (AvgIpc) is 2.51. The highest BCUT2D eigenvalue weighted by Crippen LogP contribution is 2.33. The predicted octanol–water partition coefficient (Wildman–Crippen LogP) is 3.59. The van der Waals surface area contributed by atoms with Gasteiger partial charge in [-0.1, -0.05) is 25.4 Å². The molecule has 0 aromatic heterocycles. The first-order valence-corrected chi connectivity index (χ1v) is 7.66. The SMILES string of the molecule is CC(C)CC(=O)N1CCN(c2c(F)c(F)c(Cl)c(F)c2F)CC1. The minimum atomic E-state index is -1.61. The first kappa shape index (κ1) is 17.8. The molecule has 8 heteroatoms. The smallest absolute Gasteiger partial charge is 0.222 e. The van der Waals surface area contributed by atoms with Crippen molar-refractivity contribution in [3.8, 4) is 0 Å². The fourth-order valence-electron chi connectivity index (χ4n) is 2.53. The van der Waals surface area contributed by atoms with Crippen LogP contribution in [0.1, 0.15) is 20.3 Å². The molecule has 2 rings (SSSR count). The quantitative estimate of drug-likeness (QED) is 0.471. The molecular weight excluding hydrogens is 336 g/mol. The van der Waals surface area contributed by atoms with E-state index in [1.165, 1.54) is 4.90 Å². The lowest BCUT2D eigenvalue weighted by molar-refractivity contribution is -0.132. The van der Waals surface area contributed by atoms with Crippen LogP contribution in [-0.4, -0.2) is 37.0 Å². The van der Waals surface area contributed by atoms with E-state index in [0.29, 0.717) is 6.42 Å². The highest BCUT2D eigenvalue weighted by Gasteiger charge is 2.30. The second-order valence-corrected chi connectivity index (χ2v) is 6.26. The lowest BCUT2D eigenvalue weighted by Crippen LogP contribution is -2.49. The van der Waals surface area contributed by atoms with Crippen molar-refractivity contribution in [2.45, 2.75) is 20.3 Å². The van der Waals surface area contributed by atoms with Crippen molar-refractivity contribution in [1.82, 2.24) is 4.90 Å². The van der Waals surface area contributed by atoms with Gasteiger partial charge in [-0.05, 0) is 5.92 Å². The molecule has 0 unspecified atom stereocenters. The van der Waals surface area contributed by atoms with Crippen LogP contribution in [0.25, 0.3) is 0 Å². The van der Waals surface area contributed by atoms with E-state index in [0.717, 1.165) is 0 Å². The highest BCUT2D eigenvalue weighted by atomic mass is 35.5. The van der Waals surface area contributed by atoms with Crippen molar-refractivity contribution >= 4 is 23.2 Å². The molecule has 128 valence electrons. The lowest BCUT2D eigenvalue weighted by atomic mass is 10.1. The zero-order valence-corrected chi connectivity index (χ0v) is 13.6. The molecule has 1 aromatic rings. The van der Waals surface area contributed by atoms with Gasteiger partial charge in [-0.3, -0.25) is 4.79 Å². The monoisotopic (exact) mass is 352 g/mol. The molecule has 0 atom stereocenters. The Morgan fingerprint density at radius 2 is 1.48 bits per heavy atom. The number of benzene rings is 1. The van der Waals surface area contributed by atoms with Crippen molar-refractivity contribution in [2.24, 2.45) is 5.92 Å². The van der Waals surface area contributed by atoms with Gasteiger partial charge in [0.25, 0.3) is 0 Å². The standard InChI is InChI=1S/C15H17ClF4N2O/c1-8(2)7-9(23)21-3-5-22(6-4-21)15-13(19)11(17)10(16)12(18)14(15)20/h8H,3-7H2,1-2H3. The first-order chi connectivity index (χ1) is 10.7. The van der Waals surface area contributed by atoms with Gasteiger partial charge in [0.2, 0.25) is 5.91 Å². The third-order valence-corrected chi connectivity index (χ3v) is 4.05. The predicted molar refractivity (Wildman–Crippen MR) is 79.5 cm³/mol. The van der Waals surface area contributed by atoms with Crippen molar-refractivity contribution in [3.63, 3.8) is 0 Å². The van der Waals surface area contributed by atoms with Crippen molar-refractivity contribution in [1.29, 1.82) is 0 Å². The molecule has 1 saturated heterocycles. The third-order valence-electron chi connectivity index (χ3n) is 3.72. The minimum Gasteiger partial charge on any atom is -0.363 e. The fourth-order valence-corrected chi connectivity index (χ4v) is 2.69. The van der Waals surface area contributed by atoms with E-state index in [4.69, 9.17) is 11.6 Å². The van der Waals surface area contributed by atoms with E-state index in [-0.39, 0.29) is 38.0 Å². The van der Waals surface area contributed by atoms with E-state index in [1.807, 2.05) is 13.8 Å². The van der Waals surface area contributed by atoms with Gasteiger partial charge in [0.15, 0.2) is 23.3 Å². The van der Waals surface area contributed by atoms with Gasteiger partial charge in [-0.15, -0.1) is 0 Å². The van der Waals surface area contributed by atoms with E-state index < -0.39 is 34.0 Å². The summed E-state index contributed by atoms with van der Waals surface area (Å²) in [4.78, 5) is 14.7. The molecule has 23 heavy (non-hydrogen) atoms. The van der Waals surface area contributed by atoms with Crippen LogP contribution in [0, 0.1) is 29.2 Å². The summed E-state index contributed by atoms with van der Waals surface area (Å²) < 4.78 is 54.9.